The van der Waals surface area contributed by atoms with Gasteiger partial charge in [0.25, 0.3) is 5.69 Å². The van der Waals surface area contributed by atoms with E-state index in [0.29, 0.717) is 12.0 Å². The number of nitro groups is 1. The number of nitro benzene ring substituents is 1. The maximum atomic E-state index is 13.5. The van der Waals surface area contributed by atoms with Crippen LogP contribution in [0.25, 0.3) is 0 Å². The third-order valence-electron chi connectivity index (χ3n) is 5.72. The molecule has 0 fully saturated rings. The second kappa shape index (κ2) is 11.8. The molecule has 0 spiro atoms. The van der Waals surface area contributed by atoms with E-state index >= 15 is 0 Å². The maximum Gasteiger partial charge on any atom is 0.271 e. The topological polar surface area (TPSA) is 130 Å². The van der Waals surface area contributed by atoms with Crippen LogP contribution in [-0.4, -0.2) is 54.9 Å². The predicted octanol–water partition coefficient (Wildman–Crippen LogP) is 3.00. The fourth-order valence-corrected chi connectivity index (χ4v) is 4.30. The predicted molar refractivity (Wildman–Crippen MR) is 134 cm³/mol. The average Bonchev–Trinajstić information content (AvgIpc) is 2.80. The van der Waals surface area contributed by atoms with Crippen LogP contribution in [0, 0.1) is 17.0 Å². The van der Waals surface area contributed by atoms with Gasteiger partial charge in [-0.3, -0.25) is 24.0 Å². The van der Waals surface area contributed by atoms with Crippen molar-refractivity contribution in [3.05, 3.63) is 69.8 Å². The Morgan fingerprint density at radius 3 is 2.29 bits per heavy atom. The molecule has 10 nitrogen and oxygen atoms in total. The van der Waals surface area contributed by atoms with Crippen LogP contribution in [0.2, 0.25) is 0 Å². The third kappa shape index (κ3) is 7.51. The lowest BCUT2D eigenvalue weighted by molar-refractivity contribution is -0.384. The van der Waals surface area contributed by atoms with Gasteiger partial charge in [-0.05, 0) is 38.3 Å². The smallest absolute Gasteiger partial charge is 0.271 e. The highest BCUT2D eigenvalue weighted by Gasteiger charge is 2.31. The lowest BCUT2D eigenvalue weighted by Gasteiger charge is -2.32. The number of nitrogens with zero attached hydrogens (tertiary/aromatic N) is 3. The van der Waals surface area contributed by atoms with Crippen LogP contribution >= 0.6 is 0 Å². The van der Waals surface area contributed by atoms with Crippen molar-refractivity contribution >= 4 is 33.2 Å². The third-order valence-corrected chi connectivity index (χ3v) is 6.84. The molecule has 2 amide bonds. The summed E-state index contributed by atoms with van der Waals surface area (Å²) < 4.78 is 26.2. The maximum absolute atomic E-state index is 13.5. The van der Waals surface area contributed by atoms with E-state index in [0.717, 1.165) is 22.2 Å². The Morgan fingerprint density at radius 1 is 1.11 bits per heavy atom. The minimum atomic E-state index is -3.99. The number of non-ortho nitro benzene ring substituents is 1. The molecule has 0 aromatic heterocycles. The van der Waals surface area contributed by atoms with Crippen molar-refractivity contribution in [1.29, 1.82) is 0 Å². The van der Waals surface area contributed by atoms with E-state index < -0.39 is 33.4 Å². The fourth-order valence-electron chi connectivity index (χ4n) is 3.40. The second-order valence-corrected chi connectivity index (χ2v) is 10.4. The summed E-state index contributed by atoms with van der Waals surface area (Å²) in [6.07, 6.45) is 1.64. The molecule has 2 aromatic rings. The van der Waals surface area contributed by atoms with Crippen molar-refractivity contribution in [2.75, 3.05) is 17.1 Å². The molecule has 0 bridgehead atoms. The molecule has 0 unspecified atom stereocenters. The number of hydrogen-bond donors (Lipinski definition) is 1. The van der Waals surface area contributed by atoms with Gasteiger partial charge < -0.3 is 10.2 Å². The first kappa shape index (κ1) is 27.8. The summed E-state index contributed by atoms with van der Waals surface area (Å²) in [5.74, 6) is -0.974. The zero-order valence-electron chi connectivity index (χ0n) is 20.6. The van der Waals surface area contributed by atoms with E-state index in [1.165, 1.54) is 17.0 Å². The number of amides is 2. The minimum absolute atomic E-state index is 0.0337. The SMILES string of the molecule is CC[C@H](C)NC(=O)[C@H](C)N(Cc1ccccc1)C(=O)CN(c1cc([N+](=O)[O-])ccc1C)S(C)(=O)=O. The number of rotatable bonds is 11. The van der Waals surface area contributed by atoms with Gasteiger partial charge in [0, 0.05) is 24.7 Å². The molecule has 2 rings (SSSR count). The molecule has 0 heterocycles. The number of sulfonamides is 1. The molecular weight excluding hydrogens is 472 g/mol. The van der Waals surface area contributed by atoms with Crippen molar-refractivity contribution < 1.29 is 22.9 Å². The van der Waals surface area contributed by atoms with E-state index in [9.17, 15) is 28.1 Å². The molecule has 0 aliphatic heterocycles. The molecule has 0 radical (unpaired) electrons. The van der Waals surface area contributed by atoms with Gasteiger partial charge in [0.1, 0.15) is 12.6 Å². The van der Waals surface area contributed by atoms with Gasteiger partial charge >= 0.3 is 0 Å². The molecule has 0 aliphatic rings. The van der Waals surface area contributed by atoms with E-state index in [4.69, 9.17) is 0 Å². The van der Waals surface area contributed by atoms with Crippen molar-refractivity contribution in [1.82, 2.24) is 10.2 Å². The largest absolute Gasteiger partial charge is 0.352 e. The summed E-state index contributed by atoms with van der Waals surface area (Å²) in [4.78, 5) is 38.3. The molecule has 190 valence electrons. The number of carbonyl (C=O) groups is 2. The van der Waals surface area contributed by atoms with Crippen molar-refractivity contribution in [2.45, 2.75) is 52.7 Å². The van der Waals surface area contributed by atoms with Gasteiger partial charge in [0.2, 0.25) is 21.8 Å². The summed E-state index contributed by atoms with van der Waals surface area (Å²) in [6.45, 7) is 6.43. The van der Waals surface area contributed by atoms with Gasteiger partial charge in [-0.15, -0.1) is 0 Å². The van der Waals surface area contributed by atoms with Gasteiger partial charge in [0.05, 0.1) is 16.9 Å². The summed E-state index contributed by atoms with van der Waals surface area (Å²) in [5.41, 5.74) is 0.952. The molecule has 35 heavy (non-hydrogen) atoms. The van der Waals surface area contributed by atoms with E-state index in [-0.39, 0.29) is 29.9 Å². The van der Waals surface area contributed by atoms with Gasteiger partial charge in [-0.1, -0.05) is 43.3 Å². The van der Waals surface area contributed by atoms with Crippen LogP contribution in [0.15, 0.2) is 48.5 Å². The standard InChI is InChI=1S/C24H32N4O6S/c1-6-18(3)25-24(30)19(4)26(15-20-10-8-7-9-11-20)23(29)16-27(35(5,33)34)22-14-21(28(31)32)13-12-17(22)2/h7-14,18-19H,6,15-16H2,1-5H3,(H,25,30)/t18-,19-/m0/s1. The summed E-state index contributed by atoms with van der Waals surface area (Å²) in [6, 6.07) is 11.9. The van der Waals surface area contributed by atoms with E-state index in [2.05, 4.69) is 5.32 Å². The molecule has 2 aromatic carbocycles. The van der Waals surface area contributed by atoms with E-state index in [1.54, 1.807) is 38.1 Å². The number of aryl methyl sites for hydroxylation is 1. The van der Waals surface area contributed by atoms with Crippen molar-refractivity contribution in [3.8, 4) is 0 Å². The molecule has 2 atom stereocenters. The number of nitrogens with one attached hydrogen (secondary N) is 1. The summed E-state index contributed by atoms with van der Waals surface area (Å²) >= 11 is 0. The quantitative estimate of drug-likeness (QED) is 0.370. The van der Waals surface area contributed by atoms with Crippen molar-refractivity contribution in [2.24, 2.45) is 0 Å². The zero-order chi connectivity index (χ0) is 26.3. The molecule has 0 aliphatic carbocycles. The molecule has 0 saturated heterocycles. The first-order chi connectivity index (χ1) is 16.3. The summed E-state index contributed by atoms with van der Waals surface area (Å²) in [5, 5.41) is 14.1. The molecule has 0 saturated carbocycles. The van der Waals surface area contributed by atoms with Crippen LogP contribution in [0.3, 0.4) is 0 Å². The monoisotopic (exact) mass is 504 g/mol. The van der Waals surface area contributed by atoms with Crippen molar-refractivity contribution in [3.63, 3.8) is 0 Å². The number of hydrogen-bond acceptors (Lipinski definition) is 6. The fraction of sp³-hybridized carbons (Fsp3) is 0.417. The van der Waals surface area contributed by atoms with Crippen LogP contribution in [0.5, 0.6) is 0 Å². The second-order valence-electron chi connectivity index (χ2n) is 8.50. The number of benzene rings is 2. The minimum Gasteiger partial charge on any atom is -0.352 e. The molecule has 1 N–H and O–H groups in total. The Morgan fingerprint density at radius 2 is 1.74 bits per heavy atom. The van der Waals surface area contributed by atoms with Gasteiger partial charge in [-0.2, -0.15) is 0 Å². The Labute approximate surface area is 206 Å². The van der Waals surface area contributed by atoms with Crippen LogP contribution in [-0.2, 0) is 26.2 Å². The number of anilines is 1. The zero-order valence-corrected chi connectivity index (χ0v) is 21.4. The Balaban J connectivity index is 2.45. The average molecular weight is 505 g/mol. The first-order valence-corrected chi connectivity index (χ1v) is 13.1. The Bertz CT molecular complexity index is 1170. The lowest BCUT2D eigenvalue weighted by atomic mass is 10.1. The Hall–Kier alpha value is -3.47. The Kier molecular flexibility index (Phi) is 9.35. The van der Waals surface area contributed by atoms with Crippen LogP contribution in [0.1, 0.15) is 38.3 Å². The van der Waals surface area contributed by atoms with E-state index in [1.807, 2.05) is 19.9 Å². The highest BCUT2D eigenvalue weighted by Crippen LogP contribution is 2.28. The molecular formula is C24H32N4O6S. The molecule has 11 heteroatoms. The lowest BCUT2D eigenvalue weighted by Crippen LogP contribution is -2.52. The van der Waals surface area contributed by atoms with Gasteiger partial charge in [-0.25, -0.2) is 8.42 Å². The number of carbonyl (C=O) groups excluding carboxylic acids is 2. The highest BCUT2D eigenvalue weighted by molar-refractivity contribution is 7.92. The van der Waals surface area contributed by atoms with Gasteiger partial charge in [0.15, 0.2) is 0 Å². The normalized spacial score (nSPS) is 12.9. The van der Waals surface area contributed by atoms with Crippen LogP contribution < -0.4 is 9.62 Å². The highest BCUT2D eigenvalue weighted by atomic mass is 32.2. The van der Waals surface area contributed by atoms with Crippen LogP contribution in [0.4, 0.5) is 11.4 Å². The summed E-state index contributed by atoms with van der Waals surface area (Å²) in [7, 11) is -3.99. The first-order valence-electron chi connectivity index (χ1n) is 11.2.